The summed E-state index contributed by atoms with van der Waals surface area (Å²) in [5, 5.41) is 2.65. The third-order valence-corrected chi connectivity index (χ3v) is 5.24. The van der Waals surface area contributed by atoms with Gasteiger partial charge < -0.3 is 5.32 Å². The number of halogens is 1. The first-order valence-corrected chi connectivity index (χ1v) is 9.32. The lowest BCUT2D eigenvalue weighted by atomic mass is 10.0. The van der Waals surface area contributed by atoms with Crippen LogP contribution in [0, 0.1) is 5.82 Å². The molecule has 2 nitrogen and oxygen atoms in total. The summed E-state index contributed by atoms with van der Waals surface area (Å²) in [5.41, 5.74) is 5.84. The molecule has 2 aromatic rings. The zero-order chi connectivity index (χ0) is 18.0. The van der Waals surface area contributed by atoms with E-state index in [0.717, 1.165) is 33.4 Å². The van der Waals surface area contributed by atoms with Gasteiger partial charge in [-0.05, 0) is 76.9 Å². The van der Waals surface area contributed by atoms with Gasteiger partial charge in [-0.3, -0.25) is 4.79 Å². The van der Waals surface area contributed by atoms with Crippen molar-refractivity contribution in [2.45, 2.75) is 18.2 Å². The second-order valence-corrected chi connectivity index (χ2v) is 6.85. The SMILES string of the molecule is CNC(=O)CC1=C(C)/C(=C/c2ccc(SC)cc2)c2ccc(F)cc21. The highest BCUT2D eigenvalue weighted by Crippen LogP contribution is 2.43. The van der Waals surface area contributed by atoms with Crippen LogP contribution in [0.4, 0.5) is 4.39 Å². The van der Waals surface area contributed by atoms with Crippen molar-refractivity contribution in [1.29, 1.82) is 0 Å². The lowest BCUT2D eigenvalue weighted by molar-refractivity contribution is -0.119. The van der Waals surface area contributed by atoms with Crippen molar-refractivity contribution in [3.05, 3.63) is 70.5 Å². The Bertz CT molecular complexity index is 881. The second-order valence-electron chi connectivity index (χ2n) is 5.97. The second kappa shape index (κ2) is 7.28. The Morgan fingerprint density at radius 1 is 1.16 bits per heavy atom. The summed E-state index contributed by atoms with van der Waals surface area (Å²) >= 11 is 1.70. The van der Waals surface area contributed by atoms with E-state index in [4.69, 9.17) is 0 Å². The molecular weight excluding hydrogens is 333 g/mol. The van der Waals surface area contributed by atoms with Crippen LogP contribution in [0.15, 0.2) is 52.9 Å². The number of allylic oxidation sites excluding steroid dienone is 2. The van der Waals surface area contributed by atoms with Gasteiger partial charge in [-0.25, -0.2) is 4.39 Å². The van der Waals surface area contributed by atoms with Crippen LogP contribution >= 0.6 is 11.8 Å². The third-order valence-electron chi connectivity index (χ3n) is 4.50. The molecule has 25 heavy (non-hydrogen) atoms. The van der Waals surface area contributed by atoms with Gasteiger partial charge in [-0.15, -0.1) is 11.8 Å². The van der Waals surface area contributed by atoms with Gasteiger partial charge in [0.05, 0.1) is 6.42 Å². The molecule has 0 spiro atoms. The van der Waals surface area contributed by atoms with Crippen LogP contribution in [-0.2, 0) is 4.79 Å². The standard InChI is InChI=1S/C21H20FNOS/c1-13-18(10-14-4-7-16(25-3)8-5-14)17-9-6-15(22)11-20(17)19(13)12-21(24)23-2/h4-11H,12H2,1-3H3,(H,23,24)/b18-10-. The molecule has 3 rings (SSSR count). The van der Waals surface area contributed by atoms with Gasteiger partial charge in [0.1, 0.15) is 5.82 Å². The minimum absolute atomic E-state index is 0.0739. The Kier molecular flexibility index (Phi) is 5.09. The highest BCUT2D eigenvalue weighted by atomic mass is 32.2. The highest BCUT2D eigenvalue weighted by molar-refractivity contribution is 7.98. The number of hydrogen-bond acceptors (Lipinski definition) is 2. The minimum atomic E-state index is -0.286. The number of benzene rings is 2. The Morgan fingerprint density at radius 2 is 1.88 bits per heavy atom. The Morgan fingerprint density at radius 3 is 2.52 bits per heavy atom. The number of thioether (sulfide) groups is 1. The zero-order valence-corrected chi connectivity index (χ0v) is 15.3. The molecular formula is C21H20FNOS. The summed E-state index contributed by atoms with van der Waals surface area (Å²) in [6, 6.07) is 13.1. The number of amides is 1. The van der Waals surface area contributed by atoms with Gasteiger partial charge in [0.15, 0.2) is 0 Å². The molecule has 0 aromatic heterocycles. The van der Waals surface area contributed by atoms with Crippen molar-refractivity contribution in [3.63, 3.8) is 0 Å². The van der Waals surface area contributed by atoms with Crippen molar-refractivity contribution in [3.8, 4) is 0 Å². The fourth-order valence-electron chi connectivity index (χ4n) is 3.10. The quantitative estimate of drug-likeness (QED) is 0.783. The largest absolute Gasteiger partial charge is 0.359 e. The fraction of sp³-hybridized carbons (Fsp3) is 0.190. The van der Waals surface area contributed by atoms with Crippen molar-refractivity contribution < 1.29 is 9.18 Å². The molecule has 0 unspecified atom stereocenters. The number of hydrogen-bond donors (Lipinski definition) is 1. The molecule has 4 heteroatoms. The van der Waals surface area contributed by atoms with Crippen LogP contribution in [0.3, 0.4) is 0 Å². The van der Waals surface area contributed by atoms with Crippen molar-refractivity contribution in [1.82, 2.24) is 5.32 Å². The Labute approximate surface area is 151 Å². The molecule has 1 aliphatic carbocycles. The number of carbonyl (C=O) groups excluding carboxylic acids is 1. The number of rotatable bonds is 4. The molecule has 0 bridgehead atoms. The van der Waals surface area contributed by atoms with Gasteiger partial charge in [0.25, 0.3) is 0 Å². The predicted molar refractivity (Wildman–Crippen MR) is 104 cm³/mol. The van der Waals surface area contributed by atoms with E-state index in [0.29, 0.717) is 0 Å². The van der Waals surface area contributed by atoms with Crippen LogP contribution in [0.2, 0.25) is 0 Å². The van der Waals surface area contributed by atoms with Gasteiger partial charge in [0.2, 0.25) is 5.91 Å². The van der Waals surface area contributed by atoms with E-state index < -0.39 is 0 Å². The van der Waals surface area contributed by atoms with Gasteiger partial charge in [-0.2, -0.15) is 0 Å². The maximum atomic E-state index is 13.8. The third kappa shape index (κ3) is 3.54. The maximum Gasteiger partial charge on any atom is 0.224 e. The monoisotopic (exact) mass is 353 g/mol. The van der Waals surface area contributed by atoms with Crippen LogP contribution in [0.25, 0.3) is 17.2 Å². The van der Waals surface area contributed by atoms with Crippen LogP contribution in [-0.4, -0.2) is 19.2 Å². The molecule has 0 atom stereocenters. The van der Waals surface area contributed by atoms with Gasteiger partial charge >= 0.3 is 0 Å². The van der Waals surface area contributed by atoms with Gasteiger partial charge in [0, 0.05) is 11.9 Å². The van der Waals surface area contributed by atoms with Crippen LogP contribution < -0.4 is 5.32 Å². The normalized spacial score (nSPS) is 14.8. The zero-order valence-electron chi connectivity index (χ0n) is 14.5. The maximum absolute atomic E-state index is 13.8. The number of carbonyl (C=O) groups is 1. The molecule has 1 N–H and O–H groups in total. The Hall–Kier alpha value is -2.33. The lowest BCUT2D eigenvalue weighted by Gasteiger charge is -2.05. The summed E-state index contributed by atoms with van der Waals surface area (Å²) in [5.74, 6) is -0.360. The summed E-state index contributed by atoms with van der Waals surface area (Å²) in [7, 11) is 1.61. The fourth-order valence-corrected chi connectivity index (χ4v) is 3.51. The van der Waals surface area contributed by atoms with E-state index in [1.54, 1.807) is 24.9 Å². The van der Waals surface area contributed by atoms with E-state index in [1.165, 1.54) is 17.0 Å². The van der Waals surface area contributed by atoms with E-state index in [1.807, 2.05) is 13.2 Å². The average molecular weight is 353 g/mol. The predicted octanol–water partition coefficient (Wildman–Crippen LogP) is 5.01. The molecule has 1 amide bonds. The molecule has 0 heterocycles. The first kappa shape index (κ1) is 17.5. The number of nitrogens with one attached hydrogen (secondary N) is 1. The molecule has 0 radical (unpaired) electrons. The first-order chi connectivity index (χ1) is 12.0. The summed E-state index contributed by atoms with van der Waals surface area (Å²) in [4.78, 5) is 13.1. The summed E-state index contributed by atoms with van der Waals surface area (Å²) < 4.78 is 13.8. The molecule has 0 saturated carbocycles. The Balaban J connectivity index is 2.09. The van der Waals surface area contributed by atoms with E-state index in [-0.39, 0.29) is 18.1 Å². The van der Waals surface area contributed by atoms with Crippen LogP contribution in [0.5, 0.6) is 0 Å². The van der Waals surface area contributed by atoms with E-state index >= 15 is 0 Å². The van der Waals surface area contributed by atoms with Gasteiger partial charge in [-0.1, -0.05) is 18.2 Å². The molecule has 2 aromatic carbocycles. The van der Waals surface area contributed by atoms with Crippen molar-refractivity contribution >= 4 is 34.9 Å². The lowest BCUT2D eigenvalue weighted by Crippen LogP contribution is -2.17. The smallest absolute Gasteiger partial charge is 0.224 e. The first-order valence-electron chi connectivity index (χ1n) is 8.10. The van der Waals surface area contributed by atoms with E-state index in [9.17, 15) is 9.18 Å². The van der Waals surface area contributed by atoms with Crippen LogP contribution in [0.1, 0.15) is 30.0 Å². The molecule has 0 aliphatic heterocycles. The van der Waals surface area contributed by atoms with Crippen molar-refractivity contribution in [2.24, 2.45) is 0 Å². The minimum Gasteiger partial charge on any atom is -0.359 e. The number of fused-ring (bicyclic) bond motifs is 1. The summed E-state index contributed by atoms with van der Waals surface area (Å²) in [6.07, 6.45) is 4.40. The molecule has 0 fully saturated rings. The topological polar surface area (TPSA) is 29.1 Å². The molecule has 1 aliphatic rings. The highest BCUT2D eigenvalue weighted by Gasteiger charge is 2.25. The summed E-state index contributed by atoms with van der Waals surface area (Å²) in [6.45, 7) is 2.00. The molecule has 128 valence electrons. The molecule has 0 saturated heterocycles. The average Bonchev–Trinajstić information content (AvgIpc) is 2.87. The van der Waals surface area contributed by atoms with E-state index in [2.05, 4.69) is 35.7 Å². The van der Waals surface area contributed by atoms with Crippen molar-refractivity contribution in [2.75, 3.05) is 13.3 Å².